The Labute approximate surface area is 163 Å². The quantitative estimate of drug-likeness (QED) is 0.0838. The van der Waals surface area contributed by atoms with Gasteiger partial charge in [-0.15, -0.1) is 0 Å². The van der Waals surface area contributed by atoms with E-state index in [9.17, 15) is 0 Å². The minimum Gasteiger partial charge on any atom is -0.409 e. The maximum absolute atomic E-state index is 8.83. The molecular formula is C16H28N6O6. The van der Waals surface area contributed by atoms with E-state index in [0.29, 0.717) is 0 Å². The lowest BCUT2D eigenvalue weighted by Crippen LogP contribution is -2.39. The standard InChI is InChI=1S/C16H28N6O6/c17-4-1-6-26-12-14(27-7-2-5-18)13(11-16(20)22-24)28-10-9-25-8-3-15(19)21-23/h13-14,23-24H,1-3,6-12H2,(H2,19,21)(H2,20,22). The molecule has 28 heavy (non-hydrogen) atoms. The highest BCUT2D eigenvalue weighted by Crippen LogP contribution is 2.11. The number of nitrogens with zero attached hydrogens (tertiary/aromatic N) is 4. The summed E-state index contributed by atoms with van der Waals surface area (Å²) in [5.74, 6) is 0.00922. The molecule has 12 heteroatoms. The molecule has 2 atom stereocenters. The topological polar surface area (TPSA) is 202 Å². The molecule has 0 saturated heterocycles. The van der Waals surface area contributed by atoms with Gasteiger partial charge in [0.15, 0.2) is 0 Å². The predicted molar refractivity (Wildman–Crippen MR) is 97.6 cm³/mol. The lowest BCUT2D eigenvalue weighted by atomic mass is 10.1. The molecule has 158 valence electrons. The first kappa shape index (κ1) is 25.4. The summed E-state index contributed by atoms with van der Waals surface area (Å²) in [4.78, 5) is 0. The van der Waals surface area contributed by atoms with Crippen molar-refractivity contribution in [3.8, 4) is 12.1 Å². The minimum atomic E-state index is -0.621. The summed E-state index contributed by atoms with van der Waals surface area (Å²) in [5.41, 5.74) is 10.9. The average molecular weight is 400 g/mol. The second kappa shape index (κ2) is 17.8. The molecule has 0 aromatic rings. The van der Waals surface area contributed by atoms with Crippen molar-refractivity contribution in [3.63, 3.8) is 0 Å². The molecule has 2 unspecified atom stereocenters. The molecule has 6 N–H and O–H groups in total. The monoisotopic (exact) mass is 400 g/mol. The molecule has 12 nitrogen and oxygen atoms in total. The number of hydrogen-bond acceptors (Lipinski definition) is 10. The second-order valence-electron chi connectivity index (χ2n) is 5.46. The van der Waals surface area contributed by atoms with E-state index in [2.05, 4.69) is 10.3 Å². The van der Waals surface area contributed by atoms with Gasteiger partial charge in [-0.3, -0.25) is 0 Å². The van der Waals surface area contributed by atoms with Gasteiger partial charge in [-0.2, -0.15) is 10.5 Å². The first-order valence-electron chi connectivity index (χ1n) is 8.64. The first-order chi connectivity index (χ1) is 13.6. The van der Waals surface area contributed by atoms with E-state index in [0.717, 1.165) is 0 Å². The molecule has 0 aliphatic rings. The van der Waals surface area contributed by atoms with Crippen molar-refractivity contribution in [1.29, 1.82) is 10.5 Å². The van der Waals surface area contributed by atoms with Crippen LogP contribution in [-0.4, -0.2) is 73.9 Å². The van der Waals surface area contributed by atoms with Gasteiger partial charge in [-0.25, -0.2) is 0 Å². The van der Waals surface area contributed by atoms with Crippen LogP contribution in [0.15, 0.2) is 10.3 Å². The van der Waals surface area contributed by atoms with Crippen LogP contribution in [0, 0.1) is 22.7 Å². The SMILES string of the molecule is N#CCCOCC(OCCC#N)C(CC(N)=NO)OCCOCCC(N)=NO. The molecule has 0 fully saturated rings. The predicted octanol–water partition coefficient (Wildman–Crippen LogP) is -0.110. The van der Waals surface area contributed by atoms with E-state index in [1.54, 1.807) is 0 Å². The Morgan fingerprint density at radius 2 is 1.46 bits per heavy atom. The van der Waals surface area contributed by atoms with Gasteiger partial charge in [0.2, 0.25) is 0 Å². The van der Waals surface area contributed by atoms with Gasteiger partial charge in [0.1, 0.15) is 17.8 Å². The van der Waals surface area contributed by atoms with Crippen LogP contribution in [0.25, 0.3) is 0 Å². The van der Waals surface area contributed by atoms with Gasteiger partial charge in [0, 0.05) is 12.8 Å². The van der Waals surface area contributed by atoms with Crippen molar-refractivity contribution in [1.82, 2.24) is 0 Å². The molecule has 0 bridgehead atoms. The summed E-state index contributed by atoms with van der Waals surface area (Å²) in [6, 6.07) is 3.94. The van der Waals surface area contributed by atoms with Crippen molar-refractivity contribution in [2.24, 2.45) is 21.8 Å². The first-order valence-corrected chi connectivity index (χ1v) is 8.64. The van der Waals surface area contributed by atoms with E-state index in [1.165, 1.54) is 0 Å². The average Bonchev–Trinajstić information content (AvgIpc) is 2.71. The third-order valence-corrected chi connectivity index (χ3v) is 3.33. The van der Waals surface area contributed by atoms with Gasteiger partial charge in [-0.05, 0) is 0 Å². The van der Waals surface area contributed by atoms with Crippen LogP contribution in [0.3, 0.4) is 0 Å². The highest BCUT2D eigenvalue weighted by atomic mass is 16.6. The van der Waals surface area contributed by atoms with E-state index in [4.69, 9.17) is 51.4 Å². The second-order valence-corrected chi connectivity index (χ2v) is 5.46. The van der Waals surface area contributed by atoms with Crippen LogP contribution in [-0.2, 0) is 18.9 Å². The zero-order valence-electron chi connectivity index (χ0n) is 15.7. The van der Waals surface area contributed by atoms with Gasteiger partial charge in [0.05, 0.1) is 70.7 Å². The molecule has 0 amide bonds. The van der Waals surface area contributed by atoms with E-state index in [1.807, 2.05) is 12.1 Å². The van der Waals surface area contributed by atoms with E-state index < -0.39 is 12.2 Å². The molecule has 0 aromatic heterocycles. The summed E-state index contributed by atoms with van der Waals surface area (Å²) in [6.45, 7) is 1.16. The summed E-state index contributed by atoms with van der Waals surface area (Å²) in [6.07, 6.45) is -0.461. The summed E-state index contributed by atoms with van der Waals surface area (Å²) < 4.78 is 22.1. The van der Waals surface area contributed by atoms with Crippen LogP contribution in [0.1, 0.15) is 25.7 Å². The Morgan fingerprint density at radius 3 is 2.11 bits per heavy atom. The normalized spacial score (nSPS) is 14.2. The summed E-state index contributed by atoms with van der Waals surface area (Å²) in [7, 11) is 0. The van der Waals surface area contributed by atoms with Crippen LogP contribution < -0.4 is 11.5 Å². The van der Waals surface area contributed by atoms with Gasteiger partial charge >= 0.3 is 0 Å². The van der Waals surface area contributed by atoms with Crippen LogP contribution in [0.2, 0.25) is 0 Å². The molecule has 0 heterocycles. The van der Waals surface area contributed by atoms with Crippen LogP contribution in [0.4, 0.5) is 0 Å². The number of hydrogen-bond donors (Lipinski definition) is 4. The maximum atomic E-state index is 8.83. The Bertz CT molecular complexity index is 545. The van der Waals surface area contributed by atoms with Gasteiger partial charge < -0.3 is 40.8 Å². The fourth-order valence-corrected chi connectivity index (χ4v) is 1.97. The Balaban J connectivity index is 4.66. The number of nitrogens with two attached hydrogens (primary N) is 2. The highest BCUT2D eigenvalue weighted by Gasteiger charge is 2.25. The molecular weight excluding hydrogens is 372 g/mol. The smallest absolute Gasteiger partial charge is 0.141 e. The lowest BCUT2D eigenvalue weighted by Gasteiger charge is -2.27. The Kier molecular flexibility index (Phi) is 16.1. The largest absolute Gasteiger partial charge is 0.409 e. The molecule has 0 radical (unpaired) electrons. The van der Waals surface area contributed by atoms with Crippen molar-refractivity contribution < 1.29 is 29.4 Å². The zero-order valence-corrected chi connectivity index (χ0v) is 15.7. The van der Waals surface area contributed by atoms with Crippen molar-refractivity contribution >= 4 is 11.7 Å². The Morgan fingerprint density at radius 1 is 0.821 bits per heavy atom. The number of amidine groups is 2. The van der Waals surface area contributed by atoms with Crippen molar-refractivity contribution in [3.05, 3.63) is 0 Å². The number of ether oxygens (including phenoxy) is 4. The molecule has 0 aromatic carbocycles. The third kappa shape index (κ3) is 13.5. The molecule has 0 rings (SSSR count). The minimum absolute atomic E-state index is 0.0521. The molecule has 0 spiro atoms. The fraction of sp³-hybridized carbons (Fsp3) is 0.750. The maximum Gasteiger partial charge on any atom is 0.141 e. The highest BCUT2D eigenvalue weighted by molar-refractivity contribution is 5.80. The zero-order chi connectivity index (χ0) is 21.0. The third-order valence-electron chi connectivity index (χ3n) is 3.33. The van der Waals surface area contributed by atoms with Gasteiger partial charge in [0.25, 0.3) is 0 Å². The van der Waals surface area contributed by atoms with Crippen molar-refractivity contribution in [2.45, 2.75) is 37.9 Å². The lowest BCUT2D eigenvalue weighted by molar-refractivity contribution is -0.107. The van der Waals surface area contributed by atoms with Crippen LogP contribution in [0.5, 0.6) is 0 Å². The summed E-state index contributed by atoms with van der Waals surface area (Å²) >= 11 is 0. The molecule has 0 saturated carbocycles. The Hall–Kier alpha value is -2.64. The summed E-state index contributed by atoms with van der Waals surface area (Å²) in [5, 5.41) is 40.3. The fourth-order valence-electron chi connectivity index (χ4n) is 1.97. The molecule has 0 aliphatic heterocycles. The van der Waals surface area contributed by atoms with E-state index in [-0.39, 0.29) is 77.0 Å². The van der Waals surface area contributed by atoms with Crippen molar-refractivity contribution in [2.75, 3.05) is 39.6 Å². The molecule has 0 aliphatic carbocycles. The van der Waals surface area contributed by atoms with Gasteiger partial charge in [-0.1, -0.05) is 10.3 Å². The number of rotatable bonds is 17. The van der Waals surface area contributed by atoms with Crippen LogP contribution >= 0.6 is 0 Å². The van der Waals surface area contributed by atoms with E-state index >= 15 is 0 Å². The number of nitriles is 2. The number of oxime groups is 2.